The van der Waals surface area contributed by atoms with Crippen molar-refractivity contribution in [2.75, 3.05) is 29.7 Å². The van der Waals surface area contributed by atoms with Crippen molar-refractivity contribution < 1.29 is 41.8 Å². The molecule has 1 aliphatic rings. The van der Waals surface area contributed by atoms with Gasteiger partial charge in [-0.3, -0.25) is 19.1 Å². The predicted octanol–water partition coefficient (Wildman–Crippen LogP) is 4.30. The molecule has 4 aromatic rings. The fraction of sp³-hybridized carbons (Fsp3) is 0.312. The number of ketones is 1. The van der Waals surface area contributed by atoms with E-state index in [4.69, 9.17) is 21.1 Å². The number of hydrogen-bond acceptors (Lipinski definition) is 12. The van der Waals surface area contributed by atoms with E-state index in [-0.39, 0.29) is 30.3 Å². The average Bonchev–Trinajstić information content (AvgIpc) is 3.77. The number of Topliss-reactive ketones (excluding diaryl/α,β-unsaturated/α-hetero) is 1. The number of benzene rings is 2. The number of carbonyl (C=O) groups excluding carboxylic acids is 4. The Morgan fingerprint density at radius 2 is 1.67 bits per heavy atom. The number of aryl methyl sites for hydroxylation is 1. The van der Waals surface area contributed by atoms with Gasteiger partial charge in [0.05, 0.1) is 18.8 Å². The van der Waals surface area contributed by atoms with Crippen molar-refractivity contribution in [3.63, 3.8) is 0 Å². The van der Waals surface area contributed by atoms with E-state index in [1.807, 2.05) is 12.1 Å². The zero-order chi connectivity index (χ0) is 36.8. The molecule has 5 rings (SSSR count). The van der Waals surface area contributed by atoms with Crippen LogP contribution in [0.1, 0.15) is 41.6 Å². The molecular formula is C32H31ClF3N9O6. The molecule has 1 aliphatic carbocycles. The number of esters is 1. The number of alkyl halides is 3. The van der Waals surface area contributed by atoms with E-state index >= 15 is 0 Å². The van der Waals surface area contributed by atoms with E-state index < -0.39 is 53.9 Å². The van der Waals surface area contributed by atoms with Crippen LogP contribution in [0, 0.1) is 0 Å². The molecule has 0 unspecified atom stereocenters. The van der Waals surface area contributed by atoms with Gasteiger partial charge in [-0.15, -0.1) is 0 Å². The lowest BCUT2D eigenvalue weighted by Gasteiger charge is -2.19. The van der Waals surface area contributed by atoms with Crippen LogP contribution in [0.4, 0.5) is 36.6 Å². The van der Waals surface area contributed by atoms with Crippen LogP contribution in [0.3, 0.4) is 0 Å². The molecule has 0 spiro atoms. The Morgan fingerprint density at radius 3 is 2.27 bits per heavy atom. The van der Waals surface area contributed by atoms with Gasteiger partial charge in [0.25, 0.3) is 11.8 Å². The van der Waals surface area contributed by atoms with E-state index in [9.17, 15) is 32.3 Å². The molecule has 2 heterocycles. The molecule has 15 nitrogen and oxygen atoms in total. The van der Waals surface area contributed by atoms with Gasteiger partial charge in [0, 0.05) is 35.8 Å². The molecule has 2 amide bonds. The first-order chi connectivity index (χ1) is 24.2. The molecule has 19 heteroatoms. The lowest BCUT2D eigenvalue weighted by Crippen LogP contribution is -2.42. The standard InChI is InChI=1S/C32H31ClF3N9O6/c1-45-24(13-16-37-45)40-26(48)23(46)12-11-22(27(49)50-2)39-25(47)18-3-9-21(10-4-18)38-28-41-29(43-30(42-28)51-17-32(34,35)36)44-31(14-15-31)19-5-7-20(33)8-6-19/h3-10,13,16,22H,11-12,14-15,17H2,1-2H3,(H,39,47)(H,40,48)(H2,38,41,42,43,44)/t22-/m0/s1. The van der Waals surface area contributed by atoms with Crippen molar-refractivity contribution >= 4 is 58.6 Å². The molecule has 1 atom stereocenters. The second-order valence-corrected chi connectivity index (χ2v) is 11.8. The third-order valence-electron chi connectivity index (χ3n) is 7.65. The van der Waals surface area contributed by atoms with Gasteiger partial charge in [-0.05, 0) is 61.2 Å². The Morgan fingerprint density at radius 1 is 0.980 bits per heavy atom. The van der Waals surface area contributed by atoms with Crippen molar-refractivity contribution in [2.24, 2.45) is 7.05 Å². The van der Waals surface area contributed by atoms with Crippen LogP contribution in [-0.2, 0) is 31.7 Å². The quantitative estimate of drug-likeness (QED) is 0.100. The fourth-order valence-corrected chi connectivity index (χ4v) is 4.94. The molecule has 1 fully saturated rings. The summed E-state index contributed by atoms with van der Waals surface area (Å²) in [5.74, 6) is -3.12. The molecule has 0 saturated heterocycles. The van der Waals surface area contributed by atoms with Gasteiger partial charge >= 0.3 is 18.2 Å². The molecule has 0 aliphatic heterocycles. The number of halogens is 4. The summed E-state index contributed by atoms with van der Waals surface area (Å²) in [5.41, 5.74) is 0.793. The molecule has 1 saturated carbocycles. The van der Waals surface area contributed by atoms with Crippen LogP contribution in [0.25, 0.3) is 0 Å². The third-order valence-corrected chi connectivity index (χ3v) is 7.90. The maximum absolute atomic E-state index is 13.0. The first-order valence-corrected chi connectivity index (χ1v) is 15.7. The van der Waals surface area contributed by atoms with Crippen LogP contribution < -0.4 is 26.0 Å². The van der Waals surface area contributed by atoms with Gasteiger partial charge in [0.1, 0.15) is 11.9 Å². The topological polar surface area (TPSA) is 191 Å². The molecule has 0 radical (unpaired) electrons. The van der Waals surface area contributed by atoms with Gasteiger partial charge < -0.3 is 30.7 Å². The van der Waals surface area contributed by atoms with Gasteiger partial charge in [0.15, 0.2) is 6.61 Å². The summed E-state index contributed by atoms with van der Waals surface area (Å²) in [7, 11) is 2.69. The number of nitrogens with one attached hydrogen (secondary N) is 4. The summed E-state index contributed by atoms with van der Waals surface area (Å²) in [6.45, 7) is -1.62. The lowest BCUT2D eigenvalue weighted by molar-refractivity contribution is -0.154. The van der Waals surface area contributed by atoms with E-state index in [2.05, 4.69) is 41.3 Å². The maximum Gasteiger partial charge on any atom is 0.422 e. The van der Waals surface area contributed by atoms with Crippen molar-refractivity contribution in [1.29, 1.82) is 0 Å². The van der Waals surface area contributed by atoms with E-state index in [1.165, 1.54) is 41.2 Å². The smallest absolute Gasteiger partial charge is 0.422 e. The highest BCUT2D eigenvalue weighted by molar-refractivity contribution is 6.40. The Bertz CT molecular complexity index is 1900. The van der Waals surface area contributed by atoms with Gasteiger partial charge in [-0.25, -0.2) is 4.79 Å². The van der Waals surface area contributed by atoms with Crippen LogP contribution in [0.2, 0.25) is 5.02 Å². The number of anilines is 4. The Labute approximate surface area is 293 Å². The summed E-state index contributed by atoms with van der Waals surface area (Å²) in [6, 6.07) is 12.5. The van der Waals surface area contributed by atoms with E-state index in [0.717, 1.165) is 12.7 Å². The monoisotopic (exact) mass is 729 g/mol. The van der Waals surface area contributed by atoms with Crippen molar-refractivity contribution in [3.05, 3.63) is 76.9 Å². The zero-order valence-corrected chi connectivity index (χ0v) is 27.8. The number of aromatic nitrogens is 5. The minimum atomic E-state index is -4.64. The molecule has 2 aromatic carbocycles. The third kappa shape index (κ3) is 9.90. The van der Waals surface area contributed by atoms with Gasteiger partial charge in [0.2, 0.25) is 17.7 Å². The highest BCUT2D eigenvalue weighted by Gasteiger charge is 2.45. The van der Waals surface area contributed by atoms with Gasteiger partial charge in [-0.2, -0.15) is 33.2 Å². The largest absolute Gasteiger partial charge is 0.467 e. The normalized spacial score (nSPS) is 13.8. The minimum Gasteiger partial charge on any atom is -0.467 e. The number of hydrogen-bond donors (Lipinski definition) is 4. The van der Waals surface area contributed by atoms with Crippen LogP contribution >= 0.6 is 11.6 Å². The number of nitrogens with zero attached hydrogens (tertiary/aromatic N) is 5. The minimum absolute atomic E-state index is 0.0325. The second-order valence-electron chi connectivity index (χ2n) is 11.4. The number of amides is 2. The summed E-state index contributed by atoms with van der Waals surface area (Å²) in [6.07, 6.45) is -2.37. The van der Waals surface area contributed by atoms with Crippen molar-refractivity contribution in [2.45, 2.75) is 43.4 Å². The Kier molecular flexibility index (Phi) is 11.0. The maximum atomic E-state index is 13.0. The number of methoxy groups -OCH3 is 1. The number of ether oxygens (including phenoxy) is 2. The molecule has 268 valence electrons. The van der Waals surface area contributed by atoms with Crippen LogP contribution in [-0.4, -0.2) is 74.2 Å². The highest BCUT2D eigenvalue weighted by atomic mass is 35.5. The SMILES string of the molecule is COC(=O)[C@H](CCC(=O)C(=O)Nc1ccnn1C)NC(=O)c1ccc(Nc2nc(NC3(c4ccc(Cl)cc4)CC3)nc(OCC(F)(F)F)n2)cc1. The summed E-state index contributed by atoms with van der Waals surface area (Å²) in [4.78, 5) is 62.4. The van der Waals surface area contributed by atoms with Crippen LogP contribution in [0.5, 0.6) is 6.01 Å². The van der Waals surface area contributed by atoms with E-state index in [1.54, 1.807) is 19.2 Å². The van der Waals surface area contributed by atoms with Crippen LogP contribution in [0.15, 0.2) is 60.8 Å². The highest BCUT2D eigenvalue weighted by Crippen LogP contribution is 2.48. The van der Waals surface area contributed by atoms with Gasteiger partial charge in [-0.1, -0.05) is 23.7 Å². The molecule has 2 aromatic heterocycles. The summed E-state index contributed by atoms with van der Waals surface area (Å²) in [5, 5.41) is 15.4. The summed E-state index contributed by atoms with van der Waals surface area (Å²) >= 11 is 6.02. The predicted molar refractivity (Wildman–Crippen MR) is 176 cm³/mol. The molecule has 51 heavy (non-hydrogen) atoms. The number of rotatable bonds is 15. The summed E-state index contributed by atoms with van der Waals surface area (Å²) < 4.78 is 49.7. The average molecular weight is 730 g/mol. The Balaban J connectivity index is 1.24. The zero-order valence-electron chi connectivity index (χ0n) is 27.1. The molecule has 4 N–H and O–H groups in total. The fourth-order valence-electron chi connectivity index (χ4n) is 4.81. The Hall–Kier alpha value is -5.78. The molecule has 0 bridgehead atoms. The first kappa shape index (κ1) is 36.5. The second kappa shape index (κ2) is 15.4. The number of carbonyl (C=O) groups is 4. The lowest BCUT2D eigenvalue weighted by atomic mass is 10.1. The van der Waals surface area contributed by atoms with Crippen molar-refractivity contribution in [1.82, 2.24) is 30.0 Å². The van der Waals surface area contributed by atoms with E-state index in [0.29, 0.717) is 29.4 Å². The molecular weight excluding hydrogens is 699 g/mol. The first-order valence-electron chi connectivity index (χ1n) is 15.3. The van der Waals surface area contributed by atoms with Crippen molar-refractivity contribution in [3.8, 4) is 6.01 Å².